The minimum Gasteiger partial charge on any atom is -0.354 e. The average Bonchev–Trinajstić information content (AvgIpc) is 2.38. The van der Waals surface area contributed by atoms with Gasteiger partial charge in [0.2, 0.25) is 0 Å². The first kappa shape index (κ1) is 12.3. The summed E-state index contributed by atoms with van der Waals surface area (Å²) < 4.78 is 0. The van der Waals surface area contributed by atoms with Crippen molar-refractivity contribution in [2.24, 2.45) is 11.5 Å². The number of anilines is 1. The molecule has 1 aromatic rings. The highest BCUT2D eigenvalue weighted by molar-refractivity contribution is 5.49. The van der Waals surface area contributed by atoms with E-state index >= 15 is 0 Å². The molecule has 0 amide bonds. The molecule has 17 heavy (non-hydrogen) atoms. The largest absolute Gasteiger partial charge is 0.354 e. The standard InChI is InChI=1S/C12H21N5/c13-5-7-17(8-6-14)12-10-3-1-2-4-11(10)15-9-16-12/h9H,1-8,13-14H2. The SMILES string of the molecule is NCCN(CCN)c1ncnc2c1CCCC2. The van der Waals surface area contributed by atoms with Crippen molar-refractivity contribution in [2.75, 3.05) is 31.1 Å². The molecule has 0 saturated carbocycles. The number of aromatic nitrogens is 2. The fourth-order valence-electron chi connectivity index (χ4n) is 2.41. The quantitative estimate of drug-likeness (QED) is 0.755. The highest BCUT2D eigenvalue weighted by Crippen LogP contribution is 2.26. The number of nitrogens with zero attached hydrogens (tertiary/aromatic N) is 3. The Balaban J connectivity index is 2.28. The lowest BCUT2D eigenvalue weighted by atomic mass is 9.96. The van der Waals surface area contributed by atoms with Crippen LogP contribution in [0.5, 0.6) is 0 Å². The molecule has 0 saturated heterocycles. The summed E-state index contributed by atoms with van der Waals surface area (Å²) in [4.78, 5) is 11.0. The Bertz CT molecular complexity index is 360. The van der Waals surface area contributed by atoms with E-state index in [1.165, 1.54) is 24.1 Å². The van der Waals surface area contributed by atoms with E-state index in [0.29, 0.717) is 13.1 Å². The van der Waals surface area contributed by atoms with Crippen LogP contribution < -0.4 is 16.4 Å². The van der Waals surface area contributed by atoms with Crippen molar-refractivity contribution in [1.82, 2.24) is 9.97 Å². The molecule has 0 atom stereocenters. The van der Waals surface area contributed by atoms with Gasteiger partial charge in [0.15, 0.2) is 0 Å². The van der Waals surface area contributed by atoms with Crippen LogP contribution in [0.1, 0.15) is 24.1 Å². The van der Waals surface area contributed by atoms with Gasteiger partial charge < -0.3 is 16.4 Å². The summed E-state index contributed by atoms with van der Waals surface area (Å²) in [7, 11) is 0. The van der Waals surface area contributed by atoms with Crippen molar-refractivity contribution in [1.29, 1.82) is 0 Å². The van der Waals surface area contributed by atoms with Crippen molar-refractivity contribution in [2.45, 2.75) is 25.7 Å². The first-order chi connectivity index (χ1) is 8.36. The van der Waals surface area contributed by atoms with Crippen molar-refractivity contribution < 1.29 is 0 Å². The van der Waals surface area contributed by atoms with E-state index in [0.717, 1.165) is 31.7 Å². The third-order valence-corrected chi connectivity index (χ3v) is 3.20. The molecular weight excluding hydrogens is 214 g/mol. The molecule has 0 radical (unpaired) electrons. The Morgan fingerprint density at radius 2 is 1.76 bits per heavy atom. The summed E-state index contributed by atoms with van der Waals surface area (Å²) in [6, 6.07) is 0. The van der Waals surface area contributed by atoms with Gasteiger partial charge in [-0.2, -0.15) is 0 Å². The third kappa shape index (κ3) is 2.73. The third-order valence-electron chi connectivity index (χ3n) is 3.20. The second kappa shape index (κ2) is 5.93. The topological polar surface area (TPSA) is 81.1 Å². The molecular formula is C12H21N5. The fraction of sp³-hybridized carbons (Fsp3) is 0.667. The molecule has 0 bridgehead atoms. The lowest BCUT2D eigenvalue weighted by Gasteiger charge is -2.27. The summed E-state index contributed by atoms with van der Waals surface area (Å²) in [5.41, 5.74) is 13.8. The van der Waals surface area contributed by atoms with Gasteiger partial charge in [0.25, 0.3) is 0 Å². The second-order valence-electron chi connectivity index (χ2n) is 4.39. The van der Waals surface area contributed by atoms with Crippen LogP contribution in [0.3, 0.4) is 0 Å². The van der Waals surface area contributed by atoms with Gasteiger partial charge in [0.1, 0.15) is 12.1 Å². The molecule has 2 rings (SSSR count). The second-order valence-corrected chi connectivity index (χ2v) is 4.39. The predicted octanol–water partition coefficient (Wildman–Crippen LogP) is 0.0792. The molecule has 1 heterocycles. The van der Waals surface area contributed by atoms with Crippen LogP contribution in [-0.4, -0.2) is 36.1 Å². The van der Waals surface area contributed by atoms with Crippen molar-refractivity contribution >= 4 is 5.82 Å². The summed E-state index contributed by atoms with van der Waals surface area (Å²) >= 11 is 0. The normalized spacial score (nSPS) is 14.5. The average molecular weight is 235 g/mol. The molecule has 5 nitrogen and oxygen atoms in total. The molecule has 0 spiro atoms. The van der Waals surface area contributed by atoms with E-state index in [-0.39, 0.29) is 0 Å². The molecule has 0 fully saturated rings. The molecule has 94 valence electrons. The Kier molecular flexibility index (Phi) is 4.28. The summed E-state index contributed by atoms with van der Waals surface area (Å²) in [5.74, 6) is 1.05. The van der Waals surface area contributed by atoms with Crippen LogP contribution in [0.15, 0.2) is 6.33 Å². The predicted molar refractivity (Wildman–Crippen MR) is 69.0 cm³/mol. The van der Waals surface area contributed by atoms with E-state index in [9.17, 15) is 0 Å². The van der Waals surface area contributed by atoms with E-state index in [4.69, 9.17) is 11.5 Å². The van der Waals surface area contributed by atoms with Crippen LogP contribution in [0.25, 0.3) is 0 Å². The zero-order valence-electron chi connectivity index (χ0n) is 10.2. The zero-order valence-corrected chi connectivity index (χ0v) is 10.2. The number of hydrogen-bond donors (Lipinski definition) is 2. The van der Waals surface area contributed by atoms with Crippen LogP contribution in [0.4, 0.5) is 5.82 Å². The van der Waals surface area contributed by atoms with E-state index in [1.807, 2.05) is 0 Å². The maximum Gasteiger partial charge on any atom is 0.135 e. The lowest BCUT2D eigenvalue weighted by Crippen LogP contribution is -2.35. The van der Waals surface area contributed by atoms with Crippen LogP contribution in [-0.2, 0) is 12.8 Å². The van der Waals surface area contributed by atoms with Crippen LogP contribution in [0, 0.1) is 0 Å². The Morgan fingerprint density at radius 1 is 1.06 bits per heavy atom. The van der Waals surface area contributed by atoms with Gasteiger partial charge in [-0.1, -0.05) is 0 Å². The van der Waals surface area contributed by atoms with Crippen molar-refractivity contribution in [3.63, 3.8) is 0 Å². The maximum atomic E-state index is 5.65. The minimum atomic E-state index is 0.624. The number of rotatable bonds is 5. The number of fused-ring (bicyclic) bond motifs is 1. The fourth-order valence-corrected chi connectivity index (χ4v) is 2.41. The van der Waals surface area contributed by atoms with Gasteiger partial charge in [-0.3, -0.25) is 0 Å². The first-order valence-electron chi connectivity index (χ1n) is 6.34. The Morgan fingerprint density at radius 3 is 2.47 bits per heavy atom. The van der Waals surface area contributed by atoms with Gasteiger partial charge >= 0.3 is 0 Å². The van der Waals surface area contributed by atoms with Gasteiger partial charge in [0, 0.05) is 37.4 Å². The molecule has 0 aromatic carbocycles. The molecule has 1 aliphatic carbocycles. The van der Waals surface area contributed by atoms with E-state index in [1.54, 1.807) is 6.33 Å². The minimum absolute atomic E-state index is 0.624. The monoisotopic (exact) mass is 235 g/mol. The molecule has 1 aliphatic rings. The maximum absolute atomic E-state index is 5.65. The molecule has 1 aromatic heterocycles. The van der Waals surface area contributed by atoms with Crippen molar-refractivity contribution in [3.8, 4) is 0 Å². The van der Waals surface area contributed by atoms with Crippen LogP contribution >= 0.6 is 0 Å². The summed E-state index contributed by atoms with van der Waals surface area (Å²) in [6.45, 7) is 2.86. The summed E-state index contributed by atoms with van der Waals surface area (Å²) in [6.07, 6.45) is 6.28. The number of aryl methyl sites for hydroxylation is 1. The Labute approximate surface area is 102 Å². The smallest absolute Gasteiger partial charge is 0.135 e. The molecule has 0 aliphatic heterocycles. The van der Waals surface area contributed by atoms with Gasteiger partial charge in [0.05, 0.1) is 0 Å². The van der Waals surface area contributed by atoms with E-state index in [2.05, 4.69) is 14.9 Å². The number of hydrogen-bond acceptors (Lipinski definition) is 5. The molecule has 0 unspecified atom stereocenters. The van der Waals surface area contributed by atoms with Gasteiger partial charge in [-0.25, -0.2) is 9.97 Å². The lowest BCUT2D eigenvalue weighted by molar-refractivity contribution is 0.652. The highest BCUT2D eigenvalue weighted by Gasteiger charge is 2.18. The Hall–Kier alpha value is -1.20. The van der Waals surface area contributed by atoms with Crippen LogP contribution in [0.2, 0.25) is 0 Å². The van der Waals surface area contributed by atoms with E-state index < -0.39 is 0 Å². The van der Waals surface area contributed by atoms with Crippen molar-refractivity contribution in [3.05, 3.63) is 17.6 Å². The van der Waals surface area contributed by atoms with Gasteiger partial charge in [-0.15, -0.1) is 0 Å². The molecule has 5 heteroatoms. The highest BCUT2D eigenvalue weighted by atomic mass is 15.2. The van der Waals surface area contributed by atoms with Gasteiger partial charge in [-0.05, 0) is 25.7 Å². The summed E-state index contributed by atoms with van der Waals surface area (Å²) in [5, 5.41) is 0. The number of nitrogens with two attached hydrogens (primary N) is 2. The zero-order chi connectivity index (χ0) is 12.1. The first-order valence-corrected chi connectivity index (χ1v) is 6.34. The molecule has 4 N–H and O–H groups in total.